The molecule has 1 atom stereocenters. The molecule has 124 valence electrons. The van der Waals surface area contributed by atoms with Crippen LogP contribution in [0.15, 0.2) is 41.8 Å². The van der Waals surface area contributed by atoms with Gasteiger partial charge in [0.15, 0.2) is 0 Å². The smallest absolute Gasteiger partial charge is 0.251 e. The van der Waals surface area contributed by atoms with Gasteiger partial charge in [-0.05, 0) is 42.5 Å². The summed E-state index contributed by atoms with van der Waals surface area (Å²) in [7, 11) is -3.16. The Morgan fingerprint density at radius 1 is 1.22 bits per heavy atom. The van der Waals surface area contributed by atoms with Crippen LogP contribution in [-0.4, -0.2) is 27.1 Å². The second kappa shape index (κ2) is 7.72. The minimum Gasteiger partial charge on any atom is -0.345 e. The largest absolute Gasteiger partial charge is 0.345 e. The highest BCUT2D eigenvalue weighted by Crippen LogP contribution is 2.18. The van der Waals surface area contributed by atoms with Crippen LogP contribution in [0.5, 0.6) is 0 Å². The molecule has 1 amide bonds. The number of rotatable bonds is 7. The highest BCUT2D eigenvalue weighted by atomic mass is 32.2. The van der Waals surface area contributed by atoms with Gasteiger partial charge in [0.05, 0.1) is 12.3 Å². The van der Waals surface area contributed by atoms with Crippen molar-refractivity contribution in [3.05, 3.63) is 57.8 Å². The molecule has 0 bridgehead atoms. The lowest BCUT2D eigenvalue weighted by Gasteiger charge is -2.12. The number of sulfonamides is 1. The summed E-state index contributed by atoms with van der Waals surface area (Å²) in [6, 6.07) is 11.1. The van der Waals surface area contributed by atoms with E-state index < -0.39 is 10.0 Å². The Morgan fingerprint density at radius 2 is 1.91 bits per heavy atom. The number of carbonyl (C=O) groups excluding carboxylic acids is 1. The zero-order chi connectivity index (χ0) is 16.9. The van der Waals surface area contributed by atoms with E-state index in [2.05, 4.69) is 10.0 Å². The second-order valence-corrected chi connectivity index (χ2v) is 8.14. The second-order valence-electron chi connectivity index (χ2n) is 5.32. The van der Waals surface area contributed by atoms with Gasteiger partial charge in [0.25, 0.3) is 5.91 Å². The number of amides is 1. The molecule has 1 aromatic carbocycles. The van der Waals surface area contributed by atoms with Crippen LogP contribution < -0.4 is 10.0 Å². The molecule has 0 radical (unpaired) electrons. The highest BCUT2D eigenvalue weighted by Gasteiger charge is 2.12. The molecule has 1 unspecified atom stereocenters. The zero-order valence-electron chi connectivity index (χ0n) is 13.1. The van der Waals surface area contributed by atoms with Crippen molar-refractivity contribution >= 4 is 27.3 Å². The zero-order valence-corrected chi connectivity index (χ0v) is 14.7. The molecule has 2 rings (SSSR count). The first-order valence-corrected chi connectivity index (χ1v) is 10.00. The van der Waals surface area contributed by atoms with E-state index >= 15 is 0 Å². The summed E-state index contributed by atoms with van der Waals surface area (Å²) in [5, 5.41) is 4.94. The quantitative estimate of drug-likeness (QED) is 0.803. The van der Waals surface area contributed by atoms with E-state index in [0.29, 0.717) is 18.5 Å². The van der Waals surface area contributed by atoms with E-state index in [1.54, 1.807) is 23.5 Å². The lowest BCUT2D eigenvalue weighted by molar-refractivity contribution is 0.0940. The van der Waals surface area contributed by atoms with Crippen LogP contribution in [0.3, 0.4) is 0 Å². The Kier molecular flexibility index (Phi) is 5.92. The maximum Gasteiger partial charge on any atom is 0.251 e. The topological polar surface area (TPSA) is 75.3 Å². The lowest BCUT2D eigenvalue weighted by Crippen LogP contribution is -2.26. The molecule has 1 aromatic heterocycles. The van der Waals surface area contributed by atoms with Gasteiger partial charge in [-0.25, -0.2) is 13.1 Å². The molecular formula is C16H20N2O3S2. The number of nitrogens with one attached hydrogen (secondary N) is 2. The van der Waals surface area contributed by atoms with Crippen LogP contribution in [-0.2, 0) is 16.4 Å². The summed E-state index contributed by atoms with van der Waals surface area (Å²) in [6.45, 7) is 2.30. The monoisotopic (exact) mass is 352 g/mol. The average Bonchev–Trinajstić information content (AvgIpc) is 3.01. The molecular weight excluding hydrogens is 332 g/mol. The number of hydrogen-bond acceptors (Lipinski definition) is 4. The SMILES string of the molecule is CC(NC(=O)c1ccc(CCNS(C)(=O)=O)cc1)c1cccs1. The molecule has 0 aliphatic carbocycles. The van der Waals surface area contributed by atoms with Crippen molar-refractivity contribution in [2.24, 2.45) is 0 Å². The lowest BCUT2D eigenvalue weighted by atomic mass is 10.1. The summed E-state index contributed by atoms with van der Waals surface area (Å²) in [5.74, 6) is -0.119. The molecule has 5 nitrogen and oxygen atoms in total. The van der Waals surface area contributed by atoms with Gasteiger partial charge in [0.2, 0.25) is 10.0 Å². The number of hydrogen-bond donors (Lipinski definition) is 2. The summed E-state index contributed by atoms with van der Waals surface area (Å²) in [4.78, 5) is 13.3. The van der Waals surface area contributed by atoms with E-state index in [-0.39, 0.29) is 11.9 Å². The minimum atomic E-state index is -3.16. The molecule has 0 saturated carbocycles. The first kappa shape index (κ1) is 17.7. The van der Waals surface area contributed by atoms with Gasteiger partial charge in [-0.15, -0.1) is 11.3 Å². The van der Waals surface area contributed by atoms with Crippen LogP contribution in [0.4, 0.5) is 0 Å². The fourth-order valence-electron chi connectivity index (χ4n) is 2.09. The van der Waals surface area contributed by atoms with Crippen LogP contribution >= 0.6 is 11.3 Å². The van der Waals surface area contributed by atoms with E-state index in [9.17, 15) is 13.2 Å². The van der Waals surface area contributed by atoms with E-state index in [1.807, 2.05) is 36.6 Å². The first-order valence-electron chi connectivity index (χ1n) is 7.23. The summed E-state index contributed by atoms with van der Waals surface area (Å²) >= 11 is 1.61. The predicted molar refractivity (Wildman–Crippen MR) is 93.2 cm³/mol. The van der Waals surface area contributed by atoms with Crippen molar-refractivity contribution in [2.75, 3.05) is 12.8 Å². The molecule has 0 spiro atoms. The van der Waals surface area contributed by atoms with Crippen molar-refractivity contribution in [3.63, 3.8) is 0 Å². The van der Waals surface area contributed by atoms with Crippen molar-refractivity contribution < 1.29 is 13.2 Å². The van der Waals surface area contributed by atoms with Crippen molar-refractivity contribution in [3.8, 4) is 0 Å². The van der Waals surface area contributed by atoms with Crippen LogP contribution in [0.2, 0.25) is 0 Å². The Balaban J connectivity index is 1.90. The Bertz CT molecular complexity index is 738. The van der Waals surface area contributed by atoms with E-state index in [1.165, 1.54) is 0 Å². The summed E-state index contributed by atoms with van der Waals surface area (Å²) in [5.41, 5.74) is 1.57. The van der Waals surface area contributed by atoms with Gasteiger partial charge < -0.3 is 5.32 Å². The first-order chi connectivity index (χ1) is 10.8. The van der Waals surface area contributed by atoms with Crippen molar-refractivity contribution in [1.82, 2.24) is 10.0 Å². The van der Waals surface area contributed by atoms with E-state index in [0.717, 1.165) is 16.7 Å². The molecule has 0 aliphatic heterocycles. The van der Waals surface area contributed by atoms with Gasteiger partial charge in [-0.2, -0.15) is 0 Å². The van der Waals surface area contributed by atoms with Crippen molar-refractivity contribution in [1.29, 1.82) is 0 Å². The number of benzene rings is 1. The molecule has 7 heteroatoms. The van der Waals surface area contributed by atoms with Crippen molar-refractivity contribution in [2.45, 2.75) is 19.4 Å². The predicted octanol–water partition coefficient (Wildman–Crippen LogP) is 2.33. The maximum absolute atomic E-state index is 12.2. The third-order valence-corrected chi connectivity index (χ3v) is 5.10. The summed E-state index contributed by atoms with van der Waals surface area (Å²) in [6.07, 6.45) is 1.72. The number of thiophene rings is 1. The van der Waals surface area contributed by atoms with Gasteiger partial charge in [0, 0.05) is 17.0 Å². The molecule has 2 N–H and O–H groups in total. The fourth-order valence-corrected chi connectivity index (χ4v) is 3.30. The Hall–Kier alpha value is -1.70. The molecule has 0 fully saturated rings. The normalized spacial score (nSPS) is 12.8. The van der Waals surface area contributed by atoms with E-state index in [4.69, 9.17) is 0 Å². The average molecular weight is 352 g/mol. The third-order valence-electron chi connectivity index (χ3n) is 3.31. The molecule has 1 heterocycles. The molecule has 0 saturated heterocycles. The Morgan fingerprint density at radius 3 is 2.48 bits per heavy atom. The standard InChI is InChI=1S/C16H20N2O3S2/c1-12(15-4-3-11-22-15)18-16(19)14-7-5-13(6-8-14)9-10-17-23(2,20)21/h3-8,11-12,17H,9-10H2,1-2H3,(H,18,19). The molecule has 0 aliphatic rings. The highest BCUT2D eigenvalue weighted by molar-refractivity contribution is 7.88. The van der Waals surface area contributed by atoms with Gasteiger partial charge >= 0.3 is 0 Å². The fraction of sp³-hybridized carbons (Fsp3) is 0.312. The van der Waals surface area contributed by atoms with Gasteiger partial charge in [0.1, 0.15) is 0 Å². The Labute approximate surface area is 140 Å². The molecule has 2 aromatic rings. The number of carbonyl (C=O) groups is 1. The van der Waals surface area contributed by atoms with Crippen LogP contribution in [0.25, 0.3) is 0 Å². The molecule has 23 heavy (non-hydrogen) atoms. The van der Waals surface area contributed by atoms with Crippen LogP contribution in [0.1, 0.15) is 33.8 Å². The summed E-state index contributed by atoms with van der Waals surface area (Å²) < 4.78 is 24.4. The maximum atomic E-state index is 12.2. The minimum absolute atomic E-state index is 0.0267. The van der Waals surface area contributed by atoms with Gasteiger partial charge in [-0.3, -0.25) is 4.79 Å². The third kappa shape index (κ3) is 5.78. The van der Waals surface area contributed by atoms with Gasteiger partial charge in [-0.1, -0.05) is 18.2 Å². The van der Waals surface area contributed by atoms with Crippen LogP contribution in [0, 0.1) is 0 Å².